The number of fused-ring (bicyclic) bond motifs is 1. The van der Waals surface area contributed by atoms with E-state index in [4.69, 9.17) is 16.2 Å². The highest BCUT2D eigenvalue weighted by Gasteiger charge is 2.18. The molecule has 0 bridgehead atoms. The second-order valence-electron chi connectivity index (χ2n) is 6.23. The highest BCUT2D eigenvalue weighted by Crippen LogP contribution is 2.39. The predicted molar refractivity (Wildman–Crippen MR) is 106 cm³/mol. The molecular formula is C19H20N4O3S. The third-order valence-electron chi connectivity index (χ3n) is 4.09. The normalized spacial score (nSPS) is 10.7. The fraction of sp³-hybridized carbons (Fsp3) is 0.211. The number of anilines is 1. The van der Waals surface area contributed by atoms with Gasteiger partial charge in [0.15, 0.2) is 0 Å². The van der Waals surface area contributed by atoms with E-state index in [1.54, 1.807) is 31.3 Å². The molecule has 0 aliphatic rings. The van der Waals surface area contributed by atoms with Crippen LogP contribution >= 0.6 is 11.3 Å². The maximum absolute atomic E-state index is 11.7. The quantitative estimate of drug-likeness (QED) is 0.679. The highest BCUT2D eigenvalue weighted by atomic mass is 32.1. The number of aryl methyl sites for hydroxylation is 1. The van der Waals surface area contributed by atoms with Crippen LogP contribution < -0.4 is 16.2 Å². The van der Waals surface area contributed by atoms with Crippen molar-refractivity contribution >= 4 is 39.1 Å². The first-order chi connectivity index (χ1) is 12.9. The Hall–Kier alpha value is -3.13. The zero-order valence-electron chi connectivity index (χ0n) is 15.1. The molecule has 0 fully saturated rings. The number of nitrogens with two attached hydrogens (primary N) is 2. The molecule has 0 unspecified atom stereocenters. The van der Waals surface area contributed by atoms with Gasteiger partial charge >= 0.3 is 0 Å². The molecule has 1 aromatic carbocycles. The third-order valence-corrected chi connectivity index (χ3v) is 5.22. The Labute approximate surface area is 160 Å². The molecule has 0 radical (unpaired) electrons. The molecule has 0 spiro atoms. The average molecular weight is 384 g/mol. The van der Waals surface area contributed by atoms with Crippen molar-refractivity contribution in [2.24, 2.45) is 5.73 Å². The molecule has 3 rings (SSSR count). The molecule has 0 atom stereocenters. The first kappa shape index (κ1) is 18.7. The largest absolute Gasteiger partial charge is 0.456 e. The summed E-state index contributed by atoms with van der Waals surface area (Å²) in [7, 11) is 3.49. The number of nitrogens with zero attached hydrogens (tertiary/aromatic N) is 2. The van der Waals surface area contributed by atoms with E-state index in [2.05, 4.69) is 4.98 Å². The van der Waals surface area contributed by atoms with E-state index >= 15 is 0 Å². The van der Waals surface area contributed by atoms with Gasteiger partial charge in [0.25, 0.3) is 5.91 Å². The lowest BCUT2D eigenvalue weighted by atomic mass is 10.1. The maximum atomic E-state index is 11.7. The number of aromatic nitrogens is 1. The van der Waals surface area contributed by atoms with Gasteiger partial charge in [-0.2, -0.15) is 0 Å². The summed E-state index contributed by atoms with van der Waals surface area (Å²) in [5.74, 6) is 0.638. The maximum Gasteiger partial charge on any atom is 0.260 e. The molecule has 7 nitrogen and oxygen atoms in total. The van der Waals surface area contributed by atoms with E-state index in [9.17, 15) is 9.59 Å². The Morgan fingerprint density at radius 3 is 2.52 bits per heavy atom. The molecule has 27 heavy (non-hydrogen) atoms. The van der Waals surface area contributed by atoms with Crippen LogP contribution in [0.4, 0.5) is 5.69 Å². The summed E-state index contributed by atoms with van der Waals surface area (Å²) in [6.45, 7) is 0. The Balaban J connectivity index is 1.79. The van der Waals surface area contributed by atoms with Gasteiger partial charge in [-0.15, -0.1) is 11.3 Å². The molecule has 2 aromatic heterocycles. The molecule has 3 aromatic rings. The summed E-state index contributed by atoms with van der Waals surface area (Å²) < 4.78 is 5.94. The molecule has 0 saturated heterocycles. The van der Waals surface area contributed by atoms with Crippen LogP contribution in [0, 0.1) is 0 Å². The van der Waals surface area contributed by atoms with E-state index < -0.39 is 5.91 Å². The summed E-state index contributed by atoms with van der Waals surface area (Å²) in [5.41, 5.74) is 12.8. The van der Waals surface area contributed by atoms with Gasteiger partial charge in [0.2, 0.25) is 5.91 Å². The van der Waals surface area contributed by atoms with Gasteiger partial charge in [-0.3, -0.25) is 9.59 Å². The van der Waals surface area contributed by atoms with Crippen molar-refractivity contribution in [3.8, 4) is 11.5 Å². The molecule has 0 aliphatic carbocycles. The zero-order chi connectivity index (χ0) is 19.6. The Morgan fingerprint density at radius 1 is 1.19 bits per heavy atom. The summed E-state index contributed by atoms with van der Waals surface area (Å²) in [6, 6.07) is 9.20. The fourth-order valence-electron chi connectivity index (χ4n) is 2.61. The summed E-state index contributed by atoms with van der Waals surface area (Å²) in [6.07, 6.45) is 2.72. The van der Waals surface area contributed by atoms with Crippen molar-refractivity contribution in [1.29, 1.82) is 0 Å². The molecule has 8 heteroatoms. The number of carbonyl (C=O) groups excluding carboxylic acids is 2. The molecular weight excluding hydrogens is 364 g/mol. The van der Waals surface area contributed by atoms with E-state index in [-0.39, 0.29) is 16.5 Å². The first-order valence-electron chi connectivity index (χ1n) is 8.30. The zero-order valence-corrected chi connectivity index (χ0v) is 15.9. The number of hydrogen-bond acceptors (Lipinski definition) is 6. The molecule has 0 saturated carbocycles. The smallest absolute Gasteiger partial charge is 0.260 e. The minimum atomic E-state index is -0.585. The Bertz CT molecular complexity index is 996. The number of pyridine rings is 1. The lowest BCUT2D eigenvalue weighted by Gasteiger charge is -2.10. The monoisotopic (exact) mass is 384 g/mol. The van der Waals surface area contributed by atoms with Gasteiger partial charge in [-0.25, -0.2) is 4.98 Å². The van der Waals surface area contributed by atoms with Gasteiger partial charge in [0.05, 0.1) is 11.1 Å². The van der Waals surface area contributed by atoms with Crippen molar-refractivity contribution in [2.75, 3.05) is 19.8 Å². The number of rotatable bonds is 6. The number of carbonyl (C=O) groups is 2. The van der Waals surface area contributed by atoms with Crippen LogP contribution in [0.5, 0.6) is 11.5 Å². The van der Waals surface area contributed by atoms with Gasteiger partial charge in [-0.05, 0) is 30.2 Å². The third kappa shape index (κ3) is 4.01. The number of primary amides is 1. The summed E-state index contributed by atoms with van der Waals surface area (Å²) in [5, 5.41) is 0.581. The fourth-order valence-corrected chi connectivity index (χ4v) is 3.54. The SMILES string of the molecule is CN(C)C(=O)CCc1ccc(Oc2ccnc3sc(C(N)=O)c(N)c23)cc1. The van der Waals surface area contributed by atoms with Gasteiger partial charge in [0.1, 0.15) is 21.2 Å². The highest BCUT2D eigenvalue weighted by molar-refractivity contribution is 7.21. The van der Waals surface area contributed by atoms with Crippen molar-refractivity contribution in [1.82, 2.24) is 9.88 Å². The van der Waals surface area contributed by atoms with Gasteiger partial charge in [-0.1, -0.05) is 12.1 Å². The Kier molecular flexibility index (Phi) is 5.27. The number of thiophene rings is 1. The minimum absolute atomic E-state index is 0.0905. The molecule has 2 amide bonds. The summed E-state index contributed by atoms with van der Waals surface area (Å²) in [4.78, 5) is 29.9. The Morgan fingerprint density at radius 2 is 1.89 bits per heavy atom. The topological polar surface area (TPSA) is 112 Å². The number of nitrogen functional groups attached to an aromatic ring is 1. The number of benzene rings is 1. The van der Waals surface area contributed by atoms with Gasteiger partial charge < -0.3 is 21.1 Å². The van der Waals surface area contributed by atoms with Crippen LogP contribution in [0.25, 0.3) is 10.2 Å². The van der Waals surface area contributed by atoms with E-state index in [0.717, 1.165) is 16.9 Å². The average Bonchev–Trinajstić information content (AvgIpc) is 2.99. The van der Waals surface area contributed by atoms with Crippen molar-refractivity contribution in [2.45, 2.75) is 12.8 Å². The first-order valence-corrected chi connectivity index (χ1v) is 9.12. The second-order valence-corrected chi connectivity index (χ2v) is 7.23. The second kappa shape index (κ2) is 7.63. The van der Waals surface area contributed by atoms with Crippen LogP contribution in [0.2, 0.25) is 0 Å². The van der Waals surface area contributed by atoms with Crippen LogP contribution in [-0.4, -0.2) is 35.8 Å². The predicted octanol–water partition coefficient (Wildman–Crippen LogP) is 2.79. The lowest BCUT2D eigenvalue weighted by Crippen LogP contribution is -2.21. The molecule has 0 aliphatic heterocycles. The van der Waals surface area contributed by atoms with Crippen LogP contribution in [0.1, 0.15) is 21.7 Å². The van der Waals surface area contributed by atoms with E-state index in [0.29, 0.717) is 34.6 Å². The van der Waals surface area contributed by atoms with Crippen molar-refractivity contribution in [3.05, 3.63) is 47.0 Å². The van der Waals surface area contributed by atoms with Crippen LogP contribution in [0.3, 0.4) is 0 Å². The lowest BCUT2D eigenvalue weighted by molar-refractivity contribution is -0.128. The van der Waals surface area contributed by atoms with Crippen molar-refractivity contribution in [3.63, 3.8) is 0 Å². The van der Waals surface area contributed by atoms with Crippen LogP contribution in [-0.2, 0) is 11.2 Å². The van der Waals surface area contributed by atoms with Crippen molar-refractivity contribution < 1.29 is 14.3 Å². The minimum Gasteiger partial charge on any atom is -0.456 e. The number of hydrogen-bond donors (Lipinski definition) is 2. The van der Waals surface area contributed by atoms with E-state index in [1.165, 1.54) is 0 Å². The van der Waals surface area contributed by atoms with Gasteiger partial charge in [0, 0.05) is 26.7 Å². The number of ether oxygens (including phenoxy) is 1. The van der Waals surface area contributed by atoms with Crippen LogP contribution in [0.15, 0.2) is 36.5 Å². The van der Waals surface area contributed by atoms with E-state index in [1.807, 2.05) is 24.3 Å². The molecule has 4 N–H and O–H groups in total. The summed E-state index contributed by atoms with van der Waals surface area (Å²) >= 11 is 1.14. The number of amides is 2. The molecule has 2 heterocycles. The molecule has 140 valence electrons. The standard InChI is InChI=1S/C19H20N4O3S/c1-23(2)14(24)8-5-11-3-6-12(7-4-11)26-13-9-10-22-19-15(13)16(20)17(27-19)18(21)25/h3-4,6-7,9-10H,5,8,20H2,1-2H3,(H2,21,25).